The van der Waals surface area contributed by atoms with Gasteiger partial charge in [0.15, 0.2) is 29.8 Å². The van der Waals surface area contributed by atoms with E-state index >= 15 is 0 Å². The third-order valence-electron chi connectivity index (χ3n) is 6.09. The first-order valence-corrected chi connectivity index (χ1v) is 14.5. The first-order valence-electron chi connectivity index (χ1n) is 11.8. The van der Waals surface area contributed by atoms with Crippen LogP contribution >= 0.6 is 34.4 Å². The quantitative estimate of drug-likeness (QED) is 0.172. The lowest BCUT2D eigenvalue weighted by Gasteiger charge is -2.50. The smallest absolute Gasteiger partial charge is 0.276 e. The molecule has 1 saturated heterocycles. The zero-order valence-electron chi connectivity index (χ0n) is 21.5. The molecule has 39 heavy (non-hydrogen) atoms. The van der Waals surface area contributed by atoms with Crippen molar-refractivity contribution in [3.8, 4) is 0 Å². The van der Waals surface area contributed by atoms with Crippen LogP contribution in [0.4, 0.5) is 5.13 Å². The lowest BCUT2D eigenvalue weighted by molar-refractivity contribution is -0.687. The highest BCUT2D eigenvalue weighted by Crippen LogP contribution is 2.40. The van der Waals surface area contributed by atoms with Gasteiger partial charge in [-0.2, -0.15) is 4.57 Å². The number of nitrogen functional groups attached to an aromatic ring is 1. The van der Waals surface area contributed by atoms with Crippen LogP contribution in [0.1, 0.15) is 31.5 Å². The fourth-order valence-electron chi connectivity index (χ4n) is 4.25. The number of rotatable bonds is 7. The van der Waals surface area contributed by atoms with Crippen LogP contribution in [-0.4, -0.2) is 62.6 Å². The van der Waals surface area contributed by atoms with E-state index in [0.29, 0.717) is 11.3 Å². The maximum Gasteiger partial charge on any atom is 0.276 e. The molecule has 2 aliphatic heterocycles. The van der Waals surface area contributed by atoms with E-state index in [1.165, 1.54) is 23.8 Å². The number of carboxylic acid groups (broad SMARTS) is 1. The number of carbonyl (C=O) groups is 3. The lowest BCUT2D eigenvalue weighted by Crippen LogP contribution is -2.71. The molecule has 0 saturated carbocycles. The van der Waals surface area contributed by atoms with Crippen molar-refractivity contribution in [2.45, 2.75) is 44.1 Å². The third kappa shape index (κ3) is 5.08. The van der Waals surface area contributed by atoms with Gasteiger partial charge in [0, 0.05) is 28.2 Å². The largest absolute Gasteiger partial charge is 0.543 e. The molecule has 0 radical (unpaired) electrons. The maximum atomic E-state index is 13.1. The molecule has 0 aromatic carbocycles. The Morgan fingerprint density at radius 3 is 2.77 bits per heavy atom. The molecule has 2 amide bonds. The molecule has 3 N–H and O–H groups in total. The number of amides is 2. The van der Waals surface area contributed by atoms with Crippen LogP contribution in [0.15, 0.2) is 40.3 Å². The number of pyridine rings is 1. The van der Waals surface area contributed by atoms with Gasteiger partial charge in [-0.15, -0.1) is 34.4 Å². The molecular weight excluding hydrogens is 563 g/mol. The van der Waals surface area contributed by atoms with Crippen molar-refractivity contribution in [1.29, 1.82) is 0 Å². The number of aromatic nitrogens is 3. The van der Waals surface area contributed by atoms with Gasteiger partial charge in [0.25, 0.3) is 11.8 Å². The Kier molecular flexibility index (Phi) is 7.07. The number of thiazole rings is 2. The number of nitrogens with two attached hydrogens (primary N) is 1. The molecule has 2 atom stereocenters. The van der Waals surface area contributed by atoms with E-state index in [0.717, 1.165) is 26.6 Å². The van der Waals surface area contributed by atoms with Crippen LogP contribution in [0.25, 0.3) is 10.2 Å². The van der Waals surface area contributed by atoms with Crippen LogP contribution in [-0.2, 0) is 31.2 Å². The molecule has 0 bridgehead atoms. The van der Waals surface area contributed by atoms with E-state index in [-0.39, 0.29) is 34.2 Å². The molecule has 0 aliphatic carbocycles. The highest BCUT2D eigenvalue weighted by Gasteiger charge is 2.53. The Hall–Kier alpha value is -3.56. The number of carboxylic acids is 1. The van der Waals surface area contributed by atoms with E-state index in [1.807, 2.05) is 23.0 Å². The number of nitrogens with zero attached hydrogens (tertiary/aromatic N) is 5. The molecule has 3 aromatic rings. The van der Waals surface area contributed by atoms with Crippen molar-refractivity contribution in [1.82, 2.24) is 20.2 Å². The van der Waals surface area contributed by atoms with Gasteiger partial charge in [0.2, 0.25) is 0 Å². The standard InChI is InChI=1S/C24H25N7O5S3/c1-24(2,3)22-26-12-5-6-30(8-14(12)39-22)7-11-9-37-20-16(19(33)31(20)17(11)21(34)35)28-18(32)15(29-36-4)13-10-38-23(25)27-13/h5-6,8,10,16,20H,7,9H2,1-4H3,(H3-,25,27,28,32,34,35)/t16?,20-/m0/s1. The van der Waals surface area contributed by atoms with Crippen LogP contribution in [0, 0.1) is 0 Å². The van der Waals surface area contributed by atoms with Crippen LogP contribution in [0.5, 0.6) is 0 Å². The van der Waals surface area contributed by atoms with Crippen LogP contribution < -0.4 is 20.7 Å². The van der Waals surface area contributed by atoms with Crippen LogP contribution in [0.2, 0.25) is 0 Å². The second kappa shape index (κ2) is 10.2. The van der Waals surface area contributed by atoms with Gasteiger partial charge in [-0.25, -0.2) is 9.97 Å². The summed E-state index contributed by atoms with van der Waals surface area (Å²) in [6.07, 6.45) is 3.77. The maximum absolute atomic E-state index is 13.1. The number of anilines is 1. The van der Waals surface area contributed by atoms with Crippen molar-refractivity contribution in [3.63, 3.8) is 0 Å². The summed E-state index contributed by atoms with van der Waals surface area (Å²) in [4.78, 5) is 52.9. The second-order valence-electron chi connectivity index (χ2n) is 9.93. The highest BCUT2D eigenvalue weighted by molar-refractivity contribution is 8.00. The van der Waals surface area contributed by atoms with E-state index in [9.17, 15) is 19.5 Å². The van der Waals surface area contributed by atoms with Gasteiger partial charge in [0.05, 0.1) is 22.2 Å². The van der Waals surface area contributed by atoms with Gasteiger partial charge in [-0.1, -0.05) is 25.9 Å². The number of carbonyl (C=O) groups excluding carboxylic acids is 3. The predicted molar refractivity (Wildman–Crippen MR) is 146 cm³/mol. The van der Waals surface area contributed by atoms with Gasteiger partial charge in [-0.05, 0) is 0 Å². The summed E-state index contributed by atoms with van der Waals surface area (Å²) < 4.78 is 2.86. The number of β-lactam (4-membered cyclic amide) rings is 1. The van der Waals surface area contributed by atoms with Gasteiger partial charge >= 0.3 is 0 Å². The topological polar surface area (TPSA) is 167 Å². The number of aliphatic carboxylic acids is 1. The summed E-state index contributed by atoms with van der Waals surface area (Å²) in [5, 5.41) is 20.8. The predicted octanol–water partition coefficient (Wildman–Crippen LogP) is 0.375. The first-order chi connectivity index (χ1) is 18.5. The van der Waals surface area contributed by atoms with Gasteiger partial charge in [0.1, 0.15) is 28.9 Å². The average Bonchev–Trinajstić information content (AvgIpc) is 3.51. The second-order valence-corrected chi connectivity index (χ2v) is 13.0. The third-order valence-corrected chi connectivity index (χ3v) is 9.54. The van der Waals surface area contributed by atoms with Crippen molar-refractivity contribution < 1.29 is 28.9 Å². The fourth-order valence-corrected chi connectivity index (χ4v) is 7.20. The Labute approximate surface area is 235 Å². The molecule has 15 heteroatoms. The summed E-state index contributed by atoms with van der Waals surface area (Å²) in [7, 11) is 1.28. The first kappa shape index (κ1) is 27.0. The lowest BCUT2D eigenvalue weighted by atomic mass is 9.98. The molecule has 5 heterocycles. The van der Waals surface area contributed by atoms with Crippen molar-refractivity contribution in [3.05, 3.63) is 45.8 Å². The van der Waals surface area contributed by atoms with Crippen molar-refractivity contribution in [2.75, 3.05) is 18.6 Å². The number of thioether (sulfide) groups is 1. The van der Waals surface area contributed by atoms with Gasteiger partial charge in [-0.3, -0.25) is 14.5 Å². The SMILES string of the molecule is CON=C(C(=O)NC1C(=O)N2C(C(=O)[O-])=C(C[n+]3ccc4nc(C(C)(C)C)sc4c3)CS[C@@H]12)c1csc(N)n1. The summed E-state index contributed by atoms with van der Waals surface area (Å²) in [6.45, 7) is 6.57. The summed E-state index contributed by atoms with van der Waals surface area (Å²) >= 11 is 4.09. The fraction of sp³-hybridized carbons (Fsp3) is 0.375. The van der Waals surface area contributed by atoms with Crippen molar-refractivity contribution in [2.24, 2.45) is 5.16 Å². The molecule has 5 rings (SSSR count). The number of hydrogen-bond donors (Lipinski definition) is 2. The summed E-state index contributed by atoms with van der Waals surface area (Å²) in [5.41, 5.74) is 6.90. The molecule has 204 valence electrons. The minimum absolute atomic E-state index is 0.0815. The zero-order chi connectivity index (χ0) is 28.1. The molecule has 0 spiro atoms. The summed E-state index contributed by atoms with van der Waals surface area (Å²) in [5.74, 6) is -2.34. The number of nitrogens with one attached hydrogen (secondary N) is 1. The Balaban J connectivity index is 1.36. The van der Waals surface area contributed by atoms with E-state index < -0.39 is 29.2 Å². The minimum Gasteiger partial charge on any atom is -0.543 e. The average molecular weight is 588 g/mol. The minimum atomic E-state index is -1.44. The summed E-state index contributed by atoms with van der Waals surface area (Å²) in [6, 6.07) is 0.947. The monoisotopic (exact) mass is 587 g/mol. The normalized spacial score (nSPS) is 19.6. The van der Waals surface area contributed by atoms with E-state index in [2.05, 4.69) is 36.2 Å². The van der Waals surface area contributed by atoms with Crippen LogP contribution in [0.3, 0.4) is 0 Å². The Morgan fingerprint density at radius 1 is 1.36 bits per heavy atom. The highest BCUT2D eigenvalue weighted by atomic mass is 32.2. The molecule has 2 aliphatic rings. The van der Waals surface area contributed by atoms with Crippen molar-refractivity contribution >= 4 is 73.3 Å². The van der Waals surface area contributed by atoms with Gasteiger partial charge < -0.3 is 25.8 Å². The number of hydrogen-bond acceptors (Lipinski definition) is 12. The molecule has 1 unspecified atom stereocenters. The van der Waals surface area contributed by atoms with E-state index in [4.69, 9.17) is 15.6 Å². The molecular formula is C24H25N7O5S3. The Bertz CT molecular complexity index is 1550. The number of oxime groups is 1. The Morgan fingerprint density at radius 2 is 2.13 bits per heavy atom. The van der Waals surface area contributed by atoms with E-state index in [1.54, 1.807) is 16.7 Å². The molecule has 12 nitrogen and oxygen atoms in total. The zero-order valence-corrected chi connectivity index (χ0v) is 23.9. The molecule has 3 aromatic heterocycles. The number of fused-ring (bicyclic) bond motifs is 2. The molecule has 1 fully saturated rings.